The quantitative estimate of drug-likeness (QED) is 0.164. The van der Waals surface area contributed by atoms with Crippen LogP contribution < -0.4 is 0 Å². The van der Waals surface area contributed by atoms with Crippen molar-refractivity contribution in [3.8, 4) is 34.4 Å². The van der Waals surface area contributed by atoms with E-state index in [4.69, 9.17) is 24.4 Å². The zero-order chi connectivity index (χ0) is 62.7. The highest BCUT2D eigenvalue weighted by molar-refractivity contribution is 7.26. The van der Waals surface area contributed by atoms with Crippen molar-refractivity contribution in [2.24, 2.45) is 0 Å². The Morgan fingerprint density at radius 1 is 0.250 bits per heavy atom. The van der Waals surface area contributed by atoms with Crippen molar-refractivity contribution in [1.82, 2.24) is 29.1 Å². The molecule has 0 aliphatic carbocycles. The first-order valence-corrected chi connectivity index (χ1v) is 33.3. The third-order valence-electron chi connectivity index (χ3n) is 19.9. The summed E-state index contributed by atoms with van der Waals surface area (Å²) in [5.74, 6) is 3.04. The van der Waals surface area contributed by atoms with Crippen molar-refractivity contribution in [1.29, 1.82) is 0 Å². The van der Waals surface area contributed by atoms with Crippen LogP contribution in [-0.2, 0) is 0 Å². The average molecular weight is 1240 g/mol. The highest BCUT2D eigenvalue weighted by atomic mass is 32.1. The molecular formula is C88H50N6OS. The van der Waals surface area contributed by atoms with Crippen LogP contribution in [0, 0.1) is 0 Å². The van der Waals surface area contributed by atoms with Crippen LogP contribution in [0.3, 0.4) is 0 Å². The molecule has 0 atom stereocenters. The van der Waals surface area contributed by atoms with E-state index in [1.54, 1.807) is 11.3 Å². The summed E-state index contributed by atoms with van der Waals surface area (Å²) in [5.41, 5.74) is 9.68. The first-order valence-electron chi connectivity index (χ1n) is 32.5. The predicted octanol–water partition coefficient (Wildman–Crippen LogP) is 24.0. The molecule has 0 bridgehead atoms. The van der Waals surface area contributed by atoms with E-state index in [0.29, 0.717) is 11.4 Å². The molecule has 0 spiro atoms. The van der Waals surface area contributed by atoms with E-state index in [-0.39, 0.29) is 0 Å². The first kappa shape index (κ1) is 52.9. The van der Waals surface area contributed by atoms with Gasteiger partial charge in [-0.1, -0.05) is 237 Å². The van der Waals surface area contributed by atoms with Gasteiger partial charge in [0, 0.05) is 48.1 Å². The smallest absolute Gasteiger partial charge is 0.197 e. The molecule has 0 fully saturated rings. The molecule has 0 unspecified atom stereocenters. The second kappa shape index (κ2) is 20.4. The molecule has 8 heteroatoms. The maximum Gasteiger partial charge on any atom is 0.197 e. The van der Waals surface area contributed by atoms with Crippen LogP contribution in [0.15, 0.2) is 308 Å². The van der Waals surface area contributed by atoms with Crippen LogP contribution in [0.4, 0.5) is 0 Å². The molecular weight excluding hydrogens is 1190 g/mol. The molecule has 0 saturated heterocycles. The Bertz CT molecular complexity index is 6620. The fraction of sp³-hybridized carbons (Fsp3) is 0. The van der Waals surface area contributed by atoms with Gasteiger partial charge in [0.25, 0.3) is 0 Å². The molecule has 0 radical (unpaired) electrons. The third-order valence-corrected chi connectivity index (χ3v) is 21.1. The minimum absolute atomic E-state index is 0.662. The number of para-hydroxylation sites is 3. The van der Waals surface area contributed by atoms with Crippen molar-refractivity contribution >= 4 is 183 Å². The molecule has 16 aromatic carbocycles. The molecule has 6 heterocycles. The average Bonchev–Trinajstić information content (AvgIpc) is 1.60. The second-order valence-electron chi connectivity index (χ2n) is 25.1. The molecule has 0 N–H and O–H groups in total. The van der Waals surface area contributed by atoms with Crippen LogP contribution in [0.2, 0.25) is 0 Å². The predicted molar refractivity (Wildman–Crippen MR) is 404 cm³/mol. The summed E-state index contributed by atoms with van der Waals surface area (Å²) in [5, 5.41) is 26.6. The van der Waals surface area contributed by atoms with E-state index in [1.165, 1.54) is 112 Å². The molecule has 0 aliphatic heterocycles. The fourth-order valence-electron chi connectivity index (χ4n) is 15.6. The number of rotatable bonds is 4. The van der Waals surface area contributed by atoms with E-state index in [2.05, 4.69) is 294 Å². The Morgan fingerprint density at radius 3 is 1.11 bits per heavy atom. The van der Waals surface area contributed by atoms with E-state index in [9.17, 15) is 0 Å². The number of thiophene rings is 1. The fourth-order valence-corrected chi connectivity index (χ4v) is 16.7. The standard InChI is InChI=1S/C44H25N3O.C44H25N3S/c2*1-2-12-27-25-39-37(23-26(27)11-1)34-17-7-9-19-38(34)47(39)44-42-41(35-18-8-10-20-40(35)48-42)45-43(46-44)28-21-22-33-31-15-4-3-13-29(31)30-14-5-6-16-32(30)36(33)24-28/h2*1-25H. The minimum atomic E-state index is 0.662. The van der Waals surface area contributed by atoms with Crippen molar-refractivity contribution in [3.63, 3.8) is 0 Å². The highest BCUT2D eigenvalue weighted by Crippen LogP contribution is 2.45. The van der Waals surface area contributed by atoms with Gasteiger partial charge in [-0.3, -0.25) is 9.13 Å². The summed E-state index contributed by atoms with van der Waals surface area (Å²) >= 11 is 1.77. The van der Waals surface area contributed by atoms with Gasteiger partial charge in [-0.25, -0.2) is 19.9 Å². The highest BCUT2D eigenvalue weighted by Gasteiger charge is 2.25. The number of benzene rings is 16. The van der Waals surface area contributed by atoms with E-state index in [0.717, 1.165) is 82.7 Å². The van der Waals surface area contributed by atoms with Crippen LogP contribution in [0.5, 0.6) is 0 Å². The maximum atomic E-state index is 6.61. The maximum absolute atomic E-state index is 6.61. The van der Waals surface area contributed by atoms with E-state index < -0.39 is 0 Å². The van der Waals surface area contributed by atoms with Gasteiger partial charge in [-0.2, -0.15) is 0 Å². The summed E-state index contributed by atoms with van der Waals surface area (Å²) in [4.78, 5) is 21.5. The van der Waals surface area contributed by atoms with Gasteiger partial charge in [0.05, 0.1) is 32.3 Å². The largest absolute Gasteiger partial charge is 0.450 e. The van der Waals surface area contributed by atoms with Gasteiger partial charge >= 0.3 is 0 Å². The summed E-state index contributed by atoms with van der Waals surface area (Å²) in [6, 6.07) is 109. The Labute approximate surface area is 551 Å². The SMILES string of the molecule is c1ccc2cc3c(cc2c1)c1ccccc1n3-c1nc(-c2ccc3c4ccccc4c4ccccc4c3c2)nc2c1oc1ccccc12.c1ccc2cc3c(cc2c1)c1ccccc1n3-c1nc(-c2ccc3c4ccccc4c4ccccc4c3c2)nc2c1sc1ccccc12. The van der Waals surface area contributed by atoms with Crippen molar-refractivity contribution in [3.05, 3.63) is 303 Å². The van der Waals surface area contributed by atoms with Crippen LogP contribution in [0.1, 0.15) is 0 Å². The Morgan fingerprint density at radius 2 is 0.615 bits per heavy atom. The van der Waals surface area contributed by atoms with Crippen LogP contribution in [-0.4, -0.2) is 29.1 Å². The van der Waals surface area contributed by atoms with Crippen molar-refractivity contribution < 1.29 is 4.42 Å². The summed E-state index contributed by atoms with van der Waals surface area (Å²) < 4.78 is 13.5. The second-order valence-corrected chi connectivity index (χ2v) is 26.2. The molecule has 0 saturated carbocycles. The minimum Gasteiger partial charge on any atom is -0.450 e. The number of fused-ring (bicyclic) bond motifs is 26. The molecule has 444 valence electrons. The van der Waals surface area contributed by atoms with E-state index in [1.807, 2.05) is 18.2 Å². The van der Waals surface area contributed by atoms with Gasteiger partial charge in [-0.05, 0) is 153 Å². The Hall–Kier alpha value is -12.6. The Balaban J connectivity index is 0.000000127. The van der Waals surface area contributed by atoms with Crippen LogP contribution in [0.25, 0.3) is 207 Å². The van der Waals surface area contributed by atoms with Gasteiger partial charge in [0.2, 0.25) is 0 Å². The third kappa shape index (κ3) is 7.82. The van der Waals surface area contributed by atoms with Gasteiger partial charge < -0.3 is 4.42 Å². The number of furan rings is 1. The molecule has 0 amide bonds. The van der Waals surface area contributed by atoms with Gasteiger partial charge in [0.15, 0.2) is 28.9 Å². The lowest BCUT2D eigenvalue weighted by Crippen LogP contribution is -2.02. The molecule has 7 nitrogen and oxygen atoms in total. The summed E-state index contributed by atoms with van der Waals surface area (Å²) in [7, 11) is 0. The molecule has 0 aliphatic rings. The lowest BCUT2D eigenvalue weighted by atomic mass is 9.93. The molecule has 96 heavy (non-hydrogen) atoms. The van der Waals surface area contributed by atoms with Crippen molar-refractivity contribution in [2.45, 2.75) is 0 Å². The zero-order valence-electron chi connectivity index (χ0n) is 51.4. The lowest BCUT2D eigenvalue weighted by Gasteiger charge is -2.13. The normalized spacial score (nSPS) is 12.2. The van der Waals surface area contributed by atoms with E-state index >= 15 is 0 Å². The molecule has 22 aromatic rings. The Kier molecular flexibility index (Phi) is 11.3. The number of aromatic nitrogens is 6. The van der Waals surface area contributed by atoms with Crippen molar-refractivity contribution in [2.75, 3.05) is 0 Å². The number of hydrogen-bond acceptors (Lipinski definition) is 6. The summed E-state index contributed by atoms with van der Waals surface area (Å²) in [6.45, 7) is 0. The van der Waals surface area contributed by atoms with Gasteiger partial charge in [0.1, 0.15) is 11.1 Å². The first-order chi connectivity index (χ1) is 47.6. The summed E-state index contributed by atoms with van der Waals surface area (Å²) in [6.07, 6.45) is 0. The monoisotopic (exact) mass is 1240 g/mol. The number of hydrogen-bond donors (Lipinski definition) is 0. The number of nitrogens with zero attached hydrogens (tertiary/aromatic N) is 6. The lowest BCUT2D eigenvalue weighted by molar-refractivity contribution is 0.662. The van der Waals surface area contributed by atoms with Crippen LogP contribution >= 0.6 is 11.3 Å². The molecule has 22 rings (SSSR count). The zero-order valence-corrected chi connectivity index (χ0v) is 52.2. The topological polar surface area (TPSA) is 74.6 Å². The molecule has 6 aromatic heterocycles. The van der Waals surface area contributed by atoms with Gasteiger partial charge in [-0.15, -0.1) is 11.3 Å².